The number of amides is 1. The third-order valence-corrected chi connectivity index (χ3v) is 7.65. The number of rotatable bonds is 2. The highest BCUT2D eigenvalue weighted by Gasteiger charge is 2.50. The average Bonchev–Trinajstić information content (AvgIpc) is 3.03. The van der Waals surface area contributed by atoms with Crippen molar-refractivity contribution in [2.75, 3.05) is 16.4 Å². The first-order chi connectivity index (χ1) is 13.2. The van der Waals surface area contributed by atoms with Crippen molar-refractivity contribution in [3.63, 3.8) is 0 Å². The smallest absolute Gasteiger partial charge is 0.316 e. The van der Waals surface area contributed by atoms with Crippen LogP contribution in [0.2, 0.25) is 0 Å². The third kappa shape index (κ3) is 4.55. The molecule has 0 spiro atoms. The van der Waals surface area contributed by atoms with Gasteiger partial charge in [-0.05, 0) is 18.2 Å². The molecule has 2 saturated heterocycles. The van der Waals surface area contributed by atoms with Crippen molar-refractivity contribution in [1.29, 1.82) is 0 Å². The topological polar surface area (TPSA) is 66.8 Å². The van der Waals surface area contributed by atoms with Gasteiger partial charge in [0, 0.05) is 17.4 Å². The van der Waals surface area contributed by atoms with Gasteiger partial charge in [0.1, 0.15) is 0 Å². The van der Waals surface area contributed by atoms with Gasteiger partial charge in [-0.2, -0.15) is 31.3 Å². The molecule has 0 N–H and O–H groups in total. The molecule has 3 rings (SSSR count). The molecule has 13 heteroatoms. The number of fused-ring (bicyclic) bond motifs is 1. The van der Waals surface area contributed by atoms with Crippen molar-refractivity contribution in [2.45, 2.75) is 37.0 Å². The molecule has 2 aliphatic heterocycles. The highest BCUT2D eigenvalue weighted by Crippen LogP contribution is 2.44. The molecule has 0 unspecified atom stereocenters. The Morgan fingerprint density at radius 1 is 1.10 bits per heavy atom. The van der Waals surface area contributed by atoms with Gasteiger partial charge >= 0.3 is 12.4 Å². The monoisotopic (exact) mass is 460 g/mol. The van der Waals surface area contributed by atoms with Gasteiger partial charge in [0.2, 0.25) is 5.91 Å². The number of thioether (sulfide) groups is 1. The van der Waals surface area contributed by atoms with Crippen LogP contribution in [0, 0.1) is 0 Å². The van der Waals surface area contributed by atoms with Crippen molar-refractivity contribution in [2.24, 2.45) is 4.99 Å². The largest absolute Gasteiger partial charge is 0.416 e. The summed E-state index contributed by atoms with van der Waals surface area (Å²) in [6.07, 6.45) is -10.1. The molecule has 0 aromatic heterocycles. The van der Waals surface area contributed by atoms with E-state index in [1.54, 1.807) is 0 Å². The Labute approximate surface area is 166 Å². The molecule has 2 atom stereocenters. The van der Waals surface area contributed by atoms with E-state index in [4.69, 9.17) is 0 Å². The van der Waals surface area contributed by atoms with E-state index in [0.29, 0.717) is 12.1 Å². The number of hydrogen-bond donors (Lipinski definition) is 0. The second-order valence-electron chi connectivity index (χ2n) is 6.58. The molecule has 0 saturated carbocycles. The fourth-order valence-electron chi connectivity index (χ4n) is 3.13. The first-order valence-corrected chi connectivity index (χ1v) is 11.0. The summed E-state index contributed by atoms with van der Waals surface area (Å²) >= 11 is 0.870. The van der Waals surface area contributed by atoms with E-state index in [0.717, 1.165) is 16.7 Å². The first kappa shape index (κ1) is 21.9. The van der Waals surface area contributed by atoms with Gasteiger partial charge in [-0.25, -0.2) is 8.42 Å². The molecule has 0 radical (unpaired) electrons. The fraction of sp³-hybridized carbons (Fsp3) is 0.500. The number of sulfone groups is 1. The third-order valence-electron chi connectivity index (χ3n) is 4.44. The maximum atomic E-state index is 13.2. The van der Waals surface area contributed by atoms with E-state index in [-0.39, 0.29) is 23.4 Å². The Morgan fingerprint density at radius 2 is 1.66 bits per heavy atom. The highest BCUT2D eigenvalue weighted by atomic mass is 32.2. The minimum Gasteiger partial charge on any atom is -0.316 e. The van der Waals surface area contributed by atoms with E-state index in [1.807, 2.05) is 0 Å². The van der Waals surface area contributed by atoms with Gasteiger partial charge in [0.05, 0.1) is 28.7 Å². The number of aliphatic imine (C=N–C) groups is 1. The zero-order valence-electron chi connectivity index (χ0n) is 14.7. The number of nitrogens with zero attached hydrogens (tertiary/aromatic N) is 2. The summed E-state index contributed by atoms with van der Waals surface area (Å²) in [4.78, 5) is 16.5. The van der Waals surface area contributed by atoms with Crippen LogP contribution in [-0.2, 0) is 27.0 Å². The van der Waals surface area contributed by atoms with E-state index >= 15 is 0 Å². The van der Waals surface area contributed by atoms with Crippen LogP contribution in [0.4, 0.5) is 32.0 Å². The lowest BCUT2D eigenvalue weighted by molar-refractivity contribution is -0.143. The molecule has 2 fully saturated rings. The van der Waals surface area contributed by atoms with Crippen LogP contribution in [0.3, 0.4) is 0 Å². The number of halogens is 6. The summed E-state index contributed by atoms with van der Waals surface area (Å²) in [6, 6.07) is 0.0891. The van der Waals surface area contributed by atoms with Crippen molar-refractivity contribution < 1.29 is 39.6 Å². The maximum Gasteiger partial charge on any atom is 0.416 e. The molecule has 160 valence electrons. The van der Waals surface area contributed by atoms with Crippen LogP contribution in [-0.4, -0.2) is 42.3 Å². The summed E-state index contributed by atoms with van der Waals surface area (Å²) in [5, 5.41) is -0.749. The zero-order valence-corrected chi connectivity index (χ0v) is 16.3. The predicted molar refractivity (Wildman–Crippen MR) is 95.5 cm³/mol. The number of benzene rings is 1. The second kappa shape index (κ2) is 7.18. The van der Waals surface area contributed by atoms with Crippen molar-refractivity contribution in [3.05, 3.63) is 29.3 Å². The lowest BCUT2D eigenvalue weighted by Crippen LogP contribution is -2.38. The first-order valence-electron chi connectivity index (χ1n) is 8.28. The van der Waals surface area contributed by atoms with E-state index in [9.17, 15) is 39.6 Å². The van der Waals surface area contributed by atoms with E-state index in [2.05, 4.69) is 4.99 Å². The van der Waals surface area contributed by atoms with Crippen LogP contribution in [0.15, 0.2) is 23.2 Å². The normalized spacial score (nSPS) is 25.5. The molecule has 2 heterocycles. The van der Waals surface area contributed by atoms with Crippen LogP contribution >= 0.6 is 11.8 Å². The Balaban J connectivity index is 2.18. The van der Waals surface area contributed by atoms with Gasteiger partial charge in [-0.15, -0.1) is 0 Å². The number of hydrogen-bond acceptors (Lipinski definition) is 4. The summed E-state index contributed by atoms with van der Waals surface area (Å²) in [7, 11) is -3.53. The van der Waals surface area contributed by atoms with Gasteiger partial charge in [-0.1, -0.05) is 18.7 Å². The molecule has 5 nitrogen and oxygen atoms in total. The van der Waals surface area contributed by atoms with Crippen molar-refractivity contribution in [3.8, 4) is 0 Å². The summed E-state index contributed by atoms with van der Waals surface area (Å²) in [6.45, 7) is 1.49. The van der Waals surface area contributed by atoms with E-state index in [1.165, 1.54) is 6.92 Å². The minimum atomic E-state index is -5.05. The Hall–Kier alpha value is -1.76. The second-order valence-corrected chi connectivity index (χ2v) is 9.94. The average molecular weight is 460 g/mol. The molecule has 1 aromatic carbocycles. The van der Waals surface area contributed by atoms with Gasteiger partial charge in [0.25, 0.3) is 0 Å². The molecule has 29 heavy (non-hydrogen) atoms. The lowest BCUT2D eigenvalue weighted by Gasteiger charge is -2.26. The number of carbonyl (C=O) groups excluding carboxylic acids is 1. The van der Waals surface area contributed by atoms with Crippen LogP contribution in [0.5, 0.6) is 0 Å². The van der Waals surface area contributed by atoms with Crippen LogP contribution in [0.25, 0.3) is 0 Å². The lowest BCUT2D eigenvalue weighted by atomic mass is 10.1. The summed E-state index contributed by atoms with van der Waals surface area (Å²) < 4.78 is 103. The quantitative estimate of drug-likeness (QED) is 0.630. The minimum absolute atomic E-state index is 0.0103. The number of alkyl halides is 6. The molecular formula is C16H14F6N2O3S2. The standard InChI is InChI=1S/C16H14F6N2O3S2/c1-2-13(25)23-14-24(11-6-29(26,27)7-12(11)28-14)10-4-8(15(17,18)19)3-9(5-10)16(20,21)22/h3-5,11-12H,2,6-7H2,1H3/t11-,12+/m1/s1. The van der Waals surface area contributed by atoms with E-state index < -0.39 is 62.0 Å². The molecule has 0 aliphatic carbocycles. The van der Waals surface area contributed by atoms with Crippen molar-refractivity contribution in [1.82, 2.24) is 0 Å². The highest BCUT2D eigenvalue weighted by molar-refractivity contribution is 8.16. The van der Waals surface area contributed by atoms with Crippen LogP contribution in [0.1, 0.15) is 24.5 Å². The molecule has 0 bridgehead atoms. The summed E-state index contributed by atoms with van der Waals surface area (Å²) in [5.74, 6) is -1.38. The molecular weight excluding hydrogens is 446 g/mol. The number of amidine groups is 1. The molecule has 2 aliphatic rings. The Kier molecular flexibility index (Phi) is 5.43. The van der Waals surface area contributed by atoms with Crippen LogP contribution < -0.4 is 4.90 Å². The van der Waals surface area contributed by atoms with Gasteiger partial charge in [-0.3, -0.25) is 4.79 Å². The Bertz CT molecular complexity index is 940. The number of carbonyl (C=O) groups is 1. The van der Waals surface area contributed by atoms with Crippen molar-refractivity contribution >= 4 is 38.4 Å². The zero-order chi connectivity index (χ0) is 21.8. The van der Waals surface area contributed by atoms with Gasteiger partial charge in [0.15, 0.2) is 15.0 Å². The number of anilines is 1. The summed E-state index contributed by atoms with van der Waals surface area (Å²) in [5.41, 5.74) is -3.57. The SMILES string of the molecule is CCC(=O)N=C1S[C@H]2CS(=O)(=O)C[C@H]2N1c1cc(C(F)(F)F)cc(C(F)(F)F)c1. The van der Waals surface area contributed by atoms with Gasteiger partial charge < -0.3 is 4.90 Å². The molecule has 1 aromatic rings. The predicted octanol–water partition coefficient (Wildman–Crippen LogP) is 3.74. The fourth-order valence-corrected chi connectivity index (χ4v) is 7.06. The maximum absolute atomic E-state index is 13.2. The Morgan fingerprint density at radius 3 is 2.14 bits per heavy atom. The molecule has 1 amide bonds.